The van der Waals surface area contributed by atoms with Crippen molar-refractivity contribution in [1.82, 2.24) is 0 Å². The number of aliphatic hydroxyl groups is 1. The number of benzene rings is 1. The second-order valence-corrected chi connectivity index (χ2v) is 5.14. The summed E-state index contributed by atoms with van der Waals surface area (Å²) in [5.74, 6) is 3.08. The van der Waals surface area contributed by atoms with Crippen molar-refractivity contribution in [2.24, 2.45) is 0 Å². The molecule has 1 unspecified atom stereocenters. The predicted octanol–water partition coefficient (Wildman–Crippen LogP) is 2.74. The summed E-state index contributed by atoms with van der Waals surface area (Å²) in [6.07, 6.45) is 0.416. The van der Waals surface area contributed by atoms with E-state index in [1.54, 1.807) is 6.92 Å². The largest absolute Gasteiger partial charge is 0.493 e. The smallest absolute Gasteiger partial charge is 0.119 e. The minimum absolute atomic E-state index is 0.285. The highest BCUT2D eigenvalue weighted by molar-refractivity contribution is 7.99. The van der Waals surface area contributed by atoms with Crippen LogP contribution in [0.4, 0.5) is 0 Å². The summed E-state index contributed by atoms with van der Waals surface area (Å²) in [4.78, 5) is 0. The van der Waals surface area contributed by atoms with Crippen LogP contribution >= 0.6 is 11.8 Å². The van der Waals surface area contributed by atoms with Crippen molar-refractivity contribution in [3.05, 3.63) is 29.8 Å². The molecule has 0 heterocycles. The SMILES string of the molecule is CCSCCOc1ccc(CC(C)O)cc1. The van der Waals surface area contributed by atoms with Gasteiger partial charge in [0, 0.05) is 5.75 Å². The van der Waals surface area contributed by atoms with Gasteiger partial charge in [0.15, 0.2) is 0 Å². The van der Waals surface area contributed by atoms with Crippen LogP contribution in [0.2, 0.25) is 0 Å². The van der Waals surface area contributed by atoms with Gasteiger partial charge < -0.3 is 9.84 Å². The Kier molecular flexibility index (Phi) is 6.34. The Hall–Kier alpha value is -0.670. The molecule has 0 fully saturated rings. The van der Waals surface area contributed by atoms with Crippen LogP contribution < -0.4 is 4.74 Å². The zero-order valence-corrected chi connectivity index (χ0v) is 10.8. The van der Waals surface area contributed by atoms with E-state index in [2.05, 4.69) is 6.92 Å². The van der Waals surface area contributed by atoms with Crippen LogP contribution in [0.1, 0.15) is 19.4 Å². The van der Waals surface area contributed by atoms with Crippen LogP contribution in [0.25, 0.3) is 0 Å². The molecule has 1 aromatic carbocycles. The Bertz CT molecular complexity index is 282. The van der Waals surface area contributed by atoms with E-state index in [4.69, 9.17) is 4.74 Å². The fourth-order valence-electron chi connectivity index (χ4n) is 1.43. The van der Waals surface area contributed by atoms with Gasteiger partial charge in [0.2, 0.25) is 0 Å². The molecule has 0 aliphatic rings. The van der Waals surface area contributed by atoms with Crippen LogP contribution in [0.3, 0.4) is 0 Å². The van der Waals surface area contributed by atoms with Crippen molar-refractivity contribution in [3.8, 4) is 5.75 Å². The maximum Gasteiger partial charge on any atom is 0.119 e. The second-order valence-electron chi connectivity index (χ2n) is 3.74. The monoisotopic (exact) mass is 240 g/mol. The van der Waals surface area contributed by atoms with Gasteiger partial charge in [0.05, 0.1) is 12.7 Å². The molecule has 0 aliphatic heterocycles. The Morgan fingerprint density at radius 1 is 1.31 bits per heavy atom. The fourth-order valence-corrected chi connectivity index (χ4v) is 1.92. The van der Waals surface area contributed by atoms with Crippen molar-refractivity contribution in [2.45, 2.75) is 26.4 Å². The molecular weight excluding hydrogens is 220 g/mol. The Morgan fingerprint density at radius 2 is 2.00 bits per heavy atom. The van der Waals surface area contributed by atoms with Gasteiger partial charge in [-0.25, -0.2) is 0 Å². The van der Waals surface area contributed by atoms with E-state index in [0.717, 1.165) is 29.4 Å². The minimum atomic E-state index is -0.285. The topological polar surface area (TPSA) is 29.5 Å². The van der Waals surface area contributed by atoms with Gasteiger partial charge in [0.1, 0.15) is 5.75 Å². The highest BCUT2D eigenvalue weighted by Crippen LogP contribution is 2.13. The Labute approximate surface area is 102 Å². The van der Waals surface area contributed by atoms with Crippen molar-refractivity contribution in [3.63, 3.8) is 0 Å². The molecule has 0 saturated heterocycles. The Balaban J connectivity index is 2.33. The standard InChI is InChI=1S/C13H20O2S/c1-3-16-9-8-15-13-6-4-12(5-7-13)10-11(2)14/h4-7,11,14H,3,8-10H2,1-2H3. The Morgan fingerprint density at radius 3 is 2.56 bits per heavy atom. The molecule has 2 nitrogen and oxygen atoms in total. The fraction of sp³-hybridized carbons (Fsp3) is 0.538. The van der Waals surface area contributed by atoms with Gasteiger partial charge in [-0.1, -0.05) is 19.1 Å². The molecule has 1 N–H and O–H groups in total. The van der Waals surface area contributed by atoms with Crippen molar-refractivity contribution < 1.29 is 9.84 Å². The summed E-state index contributed by atoms with van der Waals surface area (Å²) < 4.78 is 5.58. The lowest BCUT2D eigenvalue weighted by atomic mass is 10.1. The highest BCUT2D eigenvalue weighted by Gasteiger charge is 1.99. The van der Waals surface area contributed by atoms with Gasteiger partial charge in [-0.3, -0.25) is 0 Å². The molecular formula is C13H20O2S. The second kappa shape index (κ2) is 7.58. The molecule has 0 amide bonds. The maximum absolute atomic E-state index is 9.24. The molecule has 1 aromatic rings. The van der Waals surface area contributed by atoms with Gasteiger partial charge in [-0.15, -0.1) is 0 Å². The summed E-state index contributed by atoms with van der Waals surface area (Å²) in [5, 5.41) is 9.24. The molecule has 90 valence electrons. The van der Waals surface area contributed by atoms with E-state index in [1.807, 2.05) is 36.0 Å². The molecule has 0 aromatic heterocycles. The van der Waals surface area contributed by atoms with E-state index < -0.39 is 0 Å². The van der Waals surface area contributed by atoms with Crippen LogP contribution in [-0.4, -0.2) is 29.3 Å². The van der Waals surface area contributed by atoms with Crippen molar-refractivity contribution >= 4 is 11.8 Å². The molecule has 16 heavy (non-hydrogen) atoms. The molecule has 0 spiro atoms. The first kappa shape index (κ1) is 13.4. The van der Waals surface area contributed by atoms with Crippen LogP contribution in [0.5, 0.6) is 5.75 Å². The summed E-state index contributed by atoms with van der Waals surface area (Å²) in [6.45, 7) is 4.70. The predicted molar refractivity (Wildman–Crippen MR) is 70.3 cm³/mol. The lowest BCUT2D eigenvalue weighted by Gasteiger charge is -2.07. The molecule has 1 rings (SSSR count). The van der Waals surface area contributed by atoms with Crippen LogP contribution in [0.15, 0.2) is 24.3 Å². The lowest BCUT2D eigenvalue weighted by Crippen LogP contribution is -2.04. The van der Waals surface area contributed by atoms with E-state index in [0.29, 0.717) is 6.42 Å². The third-order valence-electron chi connectivity index (χ3n) is 2.15. The van der Waals surface area contributed by atoms with Crippen molar-refractivity contribution in [2.75, 3.05) is 18.1 Å². The number of hydrogen-bond donors (Lipinski definition) is 1. The molecule has 0 radical (unpaired) electrons. The summed E-state index contributed by atoms with van der Waals surface area (Å²) >= 11 is 1.88. The number of thioether (sulfide) groups is 1. The maximum atomic E-state index is 9.24. The number of aliphatic hydroxyl groups excluding tert-OH is 1. The first-order valence-corrected chi connectivity index (χ1v) is 6.85. The van der Waals surface area contributed by atoms with E-state index in [1.165, 1.54) is 0 Å². The van der Waals surface area contributed by atoms with Gasteiger partial charge in [-0.2, -0.15) is 11.8 Å². The third kappa shape index (κ3) is 5.42. The first-order chi connectivity index (χ1) is 7.72. The van der Waals surface area contributed by atoms with Crippen LogP contribution in [0, 0.1) is 0 Å². The normalized spacial score (nSPS) is 12.4. The summed E-state index contributed by atoms with van der Waals surface area (Å²) in [5.41, 5.74) is 1.14. The first-order valence-electron chi connectivity index (χ1n) is 5.70. The van der Waals surface area contributed by atoms with Gasteiger partial charge in [0.25, 0.3) is 0 Å². The third-order valence-corrected chi connectivity index (χ3v) is 3.02. The van der Waals surface area contributed by atoms with E-state index in [-0.39, 0.29) is 6.10 Å². The number of rotatable bonds is 7. The molecule has 1 atom stereocenters. The average Bonchev–Trinajstić information content (AvgIpc) is 2.26. The lowest BCUT2D eigenvalue weighted by molar-refractivity contribution is 0.195. The summed E-state index contributed by atoms with van der Waals surface area (Å²) in [6, 6.07) is 7.95. The van der Waals surface area contributed by atoms with Gasteiger partial charge in [-0.05, 0) is 36.8 Å². The minimum Gasteiger partial charge on any atom is -0.493 e. The average molecular weight is 240 g/mol. The highest BCUT2D eigenvalue weighted by atomic mass is 32.2. The van der Waals surface area contributed by atoms with Crippen LogP contribution in [-0.2, 0) is 6.42 Å². The van der Waals surface area contributed by atoms with Crippen molar-refractivity contribution in [1.29, 1.82) is 0 Å². The van der Waals surface area contributed by atoms with Gasteiger partial charge >= 0.3 is 0 Å². The molecule has 0 saturated carbocycles. The molecule has 3 heteroatoms. The van der Waals surface area contributed by atoms with E-state index in [9.17, 15) is 5.11 Å². The zero-order valence-electron chi connectivity index (χ0n) is 9.98. The zero-order chi connectivity index (χ0) is 11.8. The number of ether oxygens (including phenoxy) is 1. The quantitative estimate of drug-likeness (QED) is 0.743. The molecule has 0 bridgehead atoms. The summed E-state index contributed by atoms with van der Waals surface area (Å²) in [7, 11) is 0. The number of hydrogen-bond acceptors (Lipinski definition) is 3. The van der Waals surface area contributed by atoms with E-state index >= 15 is 0 Å². The molecule has 0 aliphatic carbocycles.